The summed E-state index contributed by atoms with van der Waals surface area (Å²) >= 11 is 1.75. The molecule has 6 heteroatoms. The van der Waals surface area contributed by atoms with E-state index in [9.17, 15) is 9.59 Å². The van der Waals surface area contributed by atoms with Crippen molar-refractivity contribution >= 4 is 40.3 Å². The average Bonchev–Trinajstić information content (AvgIpc) is 3.02. The maximum absolute atomic E-state index is 12.6. The molecule has 1 aromatic heterocycles. The van der Waals surface area contributed by atoms with E-state index in [2.05, 4.69) is 12.2 Å². The molecule has 1 heterocycles. The number of nitrogens with one attached hydrogen (secondary N) is 1. The molecule has 2 aromatic carbocycles. The molecule has 3 rings (SSSR count). The lowest BCUT2D eigenvalue weighted by molar-refractivity contribution is -0.115. The molecule has 0 spiro atoms. The molecule has 0 aliphatic heterocycles. The van der Waals surface area contributed by atoms with E-state index in [-0.39, 0.29) is 24.7 Å². The van der Waals surface area contributed by atoms with Gasteiger partial charge in [0.1, 0.15) is 11.3 Å². The second-order valence-corrected chi connectivity index (χ2v) is 7.16. The van der Waals surface area contributed by atoms with Gasteiger partial charge in [-0.05, 0) is 42.5 Å². The third-order valence-corrected chi connectivity index (χ3v) is 4.81. The Kier molecular flexibility index (Phi) is 6.19. The first-order valence-electron chi connectivity index (χ1n) is 8.82. The first kappa shape index (κ1) is 19.0. The van der Waals surface area contributed by atoms with E-state index in [1.807, 2.05) is 36.4 Å². The highest BCUT2D eigenvalue weighted by Gasteiger charge is 2.23. The quantitative estimate of drug-likeness (QED) is 0.464. The molecule has 0 saturated heterocycles. The van der Waals surface area contributed by atoms with E-state index < -0.39 is 5.97 Å². The predicted molar refractivity (Wildman–Crippen MR) is 107 cm³/mol. The molecule has 0 atom stereocenters. The number of amides is 1. The van der Waals surface area contributed by atoms with Crippen molar-refractivity contribution in [2.24, 2.45) is 0 Å². The number of hydrogen-bond donors (Lipinski definition) is 1. The minimum absolute atomic E-state index is 0.0149. The molecule has 0 saturated carbocycles. The van der Waals surface area contributed by atoms with Gasteiger partial charge in [0.2, 0.25) is 11.7 Å². The summed E-state index contributed by atoms with van der Waals surface area (Å²) in [4.78, 5) is 25.9. The van der Waals surface area contributed by atoms with Gasteiger partial charge in [-0.3, -0.25) is 4.79 Å². The topological polar surface area (TPSA) is 68.5 Å². The van der Waals surface area contributed by atoms with Crippen molar-refractivity contribution < 1.29 is 18.7 Å². The van der Waals surface area contributed by atoms with Gasteiger partial charge in [-0.25, -0.2) is 4.79 Å². The Hall–Kier alpha value is -2.73. The van der Waals surface area contributed by atoms with Crippen LogP contribution in [0, 0.1) is 0 Å². The fourth-order valence-corrected chi connectivity index (χ4v) is 3.41. The molecular weight excluding hydrogens is 362 g/mol. The summed E-state index contributed by atoms with van der Waals surface area (Å²) in [5.74, 6) is 0.207. The number of ether oxygens (including phenoxy) is 1. The Morgan fingerprint density at radius 1 is 1.07 bits per heavy atom. The lowest BCUT2D eigenvalue weighted by atomic mass is 10.1. The SMILES string of the molecule is CCOC(=O)c1oc2ccccc2c1NC(=O)Cc1ccc(SCC)cc1. The standard InChI is InChI=1S/C21H21NO4S/c1-3-25-21(24)20-19(16-7-5-6-8-17(16)26-20)22-18(23)13-14-9-11-15(12-10-14)27-4-2/h5-12H,3-4,13H2,1-2H3,(H,22,23). The number of thioether (sulfide) groups is 1. The van der Waals surface area contributed by atoms with Crippen LogP contribution in [-0.2, 0) is 16.0 Å². The third-order valence-electron chi connectivity index (χ3n) is 3.92. The highest BCUT2D eigenvalue weighted by molar-refractivity contribution is 7.99. The van der Waals surface area contributed by atoms with Crippen molar-refractivity contribution in [2.75, 3.05) is 17.7 Å². The Morgan fingerprint density at radius 2 is 1.81 bits per heavy atom. The van der Waals surface area contributed by atoms with E-state index in [1.165, 1.54) is 4.90 Å². The van der Waals surface area contributed by atoms with Crippen LogP contribution in [0.3, 0.4) is 0 Å². The maximum atomic E-state index is 12.6. The molecular formula is C21H21NO4S. The number of esters is 1. The van der Waals surface area contributed by atoms with E-state index in [4.69, 9.17) is 9.15 Å². The van der Waals surface area contributed by atoms with E-state index in [0.29, 0.717) is 16.7 Å². The molecule has 1 amide bonds. The second-order valence-electron chi connectivity index (χ2n) is 5.82. The average molecular weight is 383 g/mol. The van der Waals surface area contributed by atoms with Crippen LogP contribution in [0.25, 0.3) is 11.0 Å². The van der Waals surface area contributed by atoms with Gasteiger partial charge in [0.05, 0.1) is 13.0 Å². The van der Waals surface area contributed by atoms with Crippen molar-refractivity contribution in [1.29, 1.82) is 0 Å². The van der Waals surface area contributed by atoms with Gasteiger partial charge in [0.25, 0.3) is 0 Å². The zero-order chi connectivity index (χ0) is 19.2. The van der Waals surface area contributed by atoms with Gasteiger partial charge in [0.15, 0.2) is 0 Å². The van der Waals surface area contributed by atoms with Crippen LogP contribution in [0.5, 0.6) is 0 Å². The van der Waals surface area contributed by atoms with E-state index in [0.717, 1.165) is 11.3 Å². The highest BCUT2D eigenvalue weighted by atomic mass is 32.2. The molecule has 0 bridgehead atoms. The molecule has 140 valence electrons. The van der Waals surface area contributed by atoms with Crippen molar-refractivity contribution in [3.05, 3.63) is 59.9 Å². The summed E-state index contributed by atoms with van der Waals surface area (Å²) in [5.41, 5.74) is 1.78. The number of fused-ring (bicyclic) bond motifs is 1. The summed E-state index contributed by atoms with van der Waals surface area (Å²) < 4.78 is 10.7. The van der Waals surface area contributed by atoms with Crippen molar-refractivity contribution in [2.45, 2.75) is 25.2 Å². The van der Waals surface area contributed by atoms with Crippen LogP contribution in [0.2, 0.25) is 0 Å². The molecule has 0 aliphatic rings. The van der Waals surface area contributed by atoms with Crippen LogP contribution < -0.4 is 5.32 Å². The highest BCUT2D eigenvalue weighted by Crippen LogP contribution is 2.31. The van der Waals surface area contributed by atoms with Gasteiger partial charge in [-0.15, -0.1) is 11.8 Å². The Morgan fingerprint density at radius 3 is 2.52 bits per heavy atom. The first-order valence-corrected chi connectivity index (χ1v) is 9.81. The van der Waals surface area contributed by atoms with Crippen molar-refractivity contribution in [1.82, 2.24) is 0 Å². The van der Waals surface area contributed by atoms with Crippen molar-refractivity contribution in [3.8, 4) is 0 Å². The minimum atomic E-state index is -0.593. The normalized spacial score (nSPS) is 10.7. The number of carbonyl (C=O) groups is 2. The monoisotopic (exact) mass is 383 g/mol. The summed E-state index contributed by atoms with van der Waals surface area (Å²) in [7, 11) is 0. The number of hydrogen-bond acceptors (Lipinski definition) is 5. The summed E-state index contributed by atoms with van der Waals surface area (Å²) in [6.07, 6.45) is 0.207. The first-order chi connectivity index (χ1) is 13.1. The van der Waals surface area contributed by atoms with Gasteiger partial charge in [-0.1, -0.05) is 31.2 Å². The molecule has 27 heavy (non-hydrogen) atoms. The summed E-state index contributed by atoms with van der Waals surface area (Å²) in [6.45, 7) is 4.05. The molecule has 0 radical (unpaired) electrons. The number of anilines is 1. The second kappa shape index (κ2) is 8.77. The summed E-state index contributed by atoms with van der Waals surface area (Å²) in [5, 5.41) is 3.49. The van der Waals surface area contributed by atoms with Crippen LogP contribution in [0.1, 0.15) is 30.0 Å². The largest absolute Gasteiger partial charge is 0.460 e. The number of carbonyl (C=O) groups excluding carboxylic acids is 2. The van der Waals surface area contributed by atoms with Crippen LogP contribution >= 0.6 is 11.8 Å². The Bertz CT molecular complexity index is 946. The molecule has 0 aliphatic carbocycles. The number of benzene rings is 2. The number of para-hydroxylation sites is 1. The third kappa shape index (κ3) is 4.52. The molecule has 0 fully saturated rings. The van der Waals surface area contributed by atoms with Gasteiger partial charge >= 0.3 is 5.97 Å². The lowest BCUT2D eigenvalue weighted by Crippen LogP contribution is -2.16. The maximum Gasteiger partial charge on any atom is 0.376 e. The van der Waals surface area contributed by atoms with Crippen LogP contribution in [0.15, 0.2) is 57.8 Å². The van der Waals surface area contributed by atoms with Gasteiger partial charge < -0.3 is 14.5 Å². The molecule has 3 aromatic rings. The van der Waals surface area contributed by atoms with Crippen LogP contribution in [0.4, 0.5) is 5.69 Å². The molecule has 0 unspecified atom stereocenters. The van der Waals surface area contributed by atoms with Gasteiger partial charge in [-0.2, -0.15) is 0 Å². The van der Waals surface area contributed by atoms with E-state index >= 15 is 0 Å². The predicted octanol–water partition coefficient (Wildman–Crippen LogP) is 4.90. The zero-order valence-corrected chi connectivity index (χ0v) is 16.1. The van der Waals surface area contributed by atoms with Crippen LogP contribution in [-0.4, -0.2) is 24.2 Å². The van der Waals surface area contributed by atoms with Gasteiger partial charge in [0, 0.05) is 10.3 Å². The molecule has 5 nitrogen and oxygen atoms in total. The fraction of sp³-hybridized carbons (Fsp3) is 0.238. The summed E-state index contributed by atoms with van der Waals surface area (Å²) in [6, 6.07) is 15.1. The Labute approximate surface area is 162 Å². The Balaban J connectivity index is 1.81. The minimum Gasteiger partial charge on any atom is -0.460 e. The van der Waals surface area contributed by atoms with E-state index in [1.54, 1.807) is 30.8 Å². The molecule has 1 N–H and O–H groups in total. The number of furan rings is 1. The fourth-order valence-electron chi connectivity index (χ4n) is 2.75. The lowest BCUT2D eigenvalue weighted by Gasteiger charge is -2.07. The zero-order valence-electron chi connectivity index (χ0n) is 15.3. The number of rotatable bonds is 7. The van der Waals surface area contributed by atoms with Crippen molar-refractivity contribution in [3.63, 3.8) is 0 Å². The smallest absolute Gasteiger partial charge is 0.376 e.